The number of hydrogen-bond donors (Lipinski definition) is 5. The van der Waals surface area contributed by atoms with E-state index in [-0.39, 0.29) is 0 Å². The van der Waals surface area contributed by atoms with E-state index in [9.17, 15) is 24.9 Å². The molecule has 9 nitrogen and oxygen atoms in total. The molecule has 0 aliphatic heterocycles. The number of amides is 2. The van der Waals surface area contributed by atoms with Gasteiger partial charge in [0.2, 0.25) is 0 Å². The average Bonchev–Trinajstić information content (AvgIpc) is 2.39. The third-order valence-electron chi connectivity index (χ3n) is 3.05. The summed E-state index contributed by atoms with van der Waals surface area (Å²) in [7, 11) is 0. The molecule has 2 amide bonds. The predicted molar refractivity (Wildman–Crippen MR) is 91.1 cm³/mol. The summed E-state index contributed by atoms with van der Waals surface area (Å²) >= 11 is 0. The first-order valence-corrected chi connectivity index (χ1v) is 8.04. The van der Waals surface area contributed by atoms with Crippen LogP contribution in [-0.2, 0) is 9.47 Å². The molecule has 0 fully saturated rings. The number of hydrogen-bond acceptors (Lipinski definition) is 7. The fourth-order valence-corrected chi connectivity index (χ4v) is 1.87. The number of ether oxygens (including phenoxy) is 2. The van der Waals surface area contributed by atoms with Crippen molar-refractivity contribution in [2.75, 3.05) is 13.2 Å². The molecule has 0 aromatic heterocycles. The standard InChI is InChI=1S/C16H32N2O7/c1-14(2,3)24-12(22)17-10(8-19)11(21)16(7,9-20)18-13(23)25-15(4,5)6/h10-11,19-21H,8-9H2,1-7H3,(H,17,22)(H,18,23)/t10-,11-,16?/m0/s1. The van der Waals surface area contributed by atoms with E-state index in [1.165, 1.54) is 6.92 Å². The van der Waals surface area contributed by atoms with Gasteiger partial charge in [-0.3, -0.25) is 0 Å². The molecule has 0 saturated heterocycles. The molecule has 0 radical (unpaired) electrons. The van der Waals surface area contributed by atoms with Crippen molar-refractivity contribution in [3.8, 4) is 0 Å². The Morgan fingerprint density at radius 1 is 0.920 bits per heavy atom. The molecule has 0 aromatic carbocycles. The maximum absolute atomic E-state index is 11.9. The number of aliphatic hydroxyl groups is 3. The van der Waals surface area contributed by atoms with Gasteiger partial charge in [0.25, 0.3) is 0 Å². The first-order chi connectivity index (χ1) is 11.1. The zero-order valence-corrected chi connectivity index (χ0v) is 16.0. The van der Waals surface area contributed by atoms with Crippen LogP contribution in [0.15, 0.2) is 0 Å². The molecule has 3 atom stereocenters. The Bertz CT molecular complexity index is 456. The van der Waals surface area contributed by atoms with Crippen LogP contribution in [0.25, 0.3) is 0 Å². The normalized spacial score (nSPS) is 17.0. The summed E-state index contributed by atoms with van der Waals surface area (Å²) in [6, 6.07) is -1.18. The van der Waals surface area contributed by atoms with Crippen LogP contribution in [0.3, 0.4) is 0 Å². The largest absolute Gasteiger partial charge is 0.444 e. The van der Waals surface area contributed by atoms with Gasteiger partial charge in [-0.2, -0.15) is 0 Å². The quantitative estimate of drug-likeness (QED) is 0.463. The second kappa shape index (κ2) is 8.68. The van der Waals surface area contributed by atoms with E-state index in [4.69, 9.17) is 9.47 Å². The number of alkyl carbamates (subject to hydrolysis) is 2. The minimum atomic E-state index is -1.56. The van der Waals surface area contributed by atoms with Gasteiger partial charge in [-0.15, -0.1) is 0 Å². The third kappa shape index (κ3) is 8.89. The van der Waals surface area contributed by atoms with Gasteiger partial charge in [0, 0.05) is 0 Å². The number of carbonyl (C=O) groups is 2. The summed E-state index contributed by atoms with van der Waals surface area (Å²) in [6.45, 7) is 10.1. The Kier molecular flexibility index (Phi) is 8.13. The summed E-state index contributed by atoms with van der Waals surface area (Å²) in [5, 5.41) is 34.2. The maximum Gasteiger partial charge on any atom is 0.408 e. The summed E-state index contributed by atoms with van der Waals surface area (Å²) in [5.41, 5.74) is -3.09. The second-order valence-corrected chi connectivity index (χ2v) is 8.08. The molecule has 25 heavy (non-hydrogen) atoms. The van der Waals surface area contributed by atoms with Crippen LogP contribution in [0.4, 0.5) is 9.59 Å². The zero-order valence-electron chi connectivity index (χ0n) is 16.0. The summed E-state index contributed by atoms with van der Waals surface area (Å²) in [5.74, 6) is 0. The van der Waals surface area contributed by atoms with Crippen LogP contribution in [0.1, 0.15) is 48.5 Å². The number of nitrogens with one attached hydrogen (secondary N) is 2. The Balaban J connectivity index is 5.08. The molecule has 0 rings (SSSR count). The predicted octanol–water partition coefficient (Wildman–Crippen LogP) is 0.509. The third-order valence-corrected chi connectivity index (χ3v) is 3.05. The van der Waals surface area contributed by atoms with E-state index in [1.54, 1.807) is 41.5 Å². The van der Waals surface area contributed by atoms with Crippen molar-refractivity contribution >= 4 is 12.2 Å². The SMILES string of the molecule is CC(C)(C)OC(=O)N[C@@H](CO)[C@H](O)C(C)(CO)NC(=O)OC(C)(C)C. The van der Waals surface area contributed by atoms with E-state index >= 15 is 0 Å². The fraction of sp³-hybridized carbons (Fsp3) is 0.875. The van der Waals surface area contributed by atoms with Gasteiger partial charge >= 0.3 is 12.2 Å². The molecule has 0 aromatic rings. The van der Waals surface area contributed by atoms with Crippen molar-refractivity contribution in [1.29, 1.82) is 0 Å². The van der Waals surface area contributed by atoms with E-state index in [0.29, 0.717) is 0 Å². The van der Waals surface area contributed by atoms with Gasteiger partial charge < -0.3 is 35.4 Å². The Hall–Kier alpha value is -1.58. The lowest BCUT2D eigenvalue weighted by molar-refractivity contribution is -0.0212. The summed E-state index contributed by atoms with van der Waals surface area (Å²) in [6.07, 6.45) is -3.21. The molecular formula is C16H32N2O7. The van der Waals surface area contributed by atoms with Gasteiger partial charge in [-0.25, -0.2) is 9.59 Å². The van der Waals surface area contributed by atoms with Gasteiger partial charge in [0.15, 0.2) is 0 Å². The van der Waals surface area contributed by atoms with Crippen molar-refractivity contribution in [1.82, 2.24) is 10.6 Å². The lowest BCUT2D eigenvalue weighted by Gasteiger charge is -2.38. The minimum Gasteiger partial charge on any atom is -0.444 e. The Labute approximate surface area is 148 Å². The van der Waals surface area contributed by atoms with Crippen molar-refractivity contribution < 1.29 is 34.4 Å². The fourth-order valence-electron chi connectivity index (χ4n) is 1.87. The van der Waals surface area contributed by atoms with E-state index < -0.39 is 54.3 Å². The lowest BCUT2D eigenvalue weighted by Crippen LogP contribution is -2.65. The molecule has 0 heterocycles. The Morgan fingerprint density at radius 2 is 1.36 bits per heavy atom. The highest BCUT2D eigenvalue weighted by Crippen LogP contribution is 2.16. The maximum atomic E-state index is 11.9. The molecule has 0 aliphatic rings. The monoisotopic (exact) mass is 364 g/mol. The molecule has 5 N–H and O–H groups in total. The highest BCUT2D eigenvalue weighted by atomic mass is 16.6. The smallest absolute Gasteiger partial charge is 0.408 e. The van der Waals surface area contributed by atoms with Crippen LogP contribution >= 0.6 is 0 Å². The first-order valence-electron chi connectivity index (χ1n) is 8.04. The lowest BCUT2D eigenvalue weighted by atomic mass is 9.90. The van der Waals surface area contributed by atoms with Crippen molar-refractivity contribution in [2.24, 2.45) is 0 Å². The number of carbonyl (C=O) groups excluding carboxylic acids is 2. The van der Waals surface area contributed by atoms with Gasteiger partial charge in [-0.05, 0) is 48.5 Å². The van der Waals surface area contributed by atoms with E-state index in [0.717, 1.165) is 0 Å². The highest BCUT2D eigenvalue weighted by Gasteiger charge is 2.41. The molecule has 0 spiro atoms. The summed E-state index contributed by atoms with van der Waals surface area (Å²) in [4.78, 5) is 23.8. The van der Waals surface area contributed by atoms with Gasteiger partial charge in [-0.1, -0.05) is 0 Å². The first kappa shape index (κ1) is 23.4. The molecule has 0 saturated carbocycles. The van der Waals surface area contributed by atoms with Crippen molar-refractivity contribution in [3.63, 3.8) is 0 Å². The van der Waals surface area contributed by atoms with Gasteiger partial charge in [0.05, 0.1) is 24.8 Å². The van der Waals surface area contributed by atoms with Crippen LogP contribution in [0.2, 0.25) is 0 Å². The van der Waals surface area contributed by atoms with Crippen LogP contribution in [0, 0.1) is 0 Å². The van der Waals surface area contributed by atoms with Crippen LogP contribution in [-0.4, -0.2) is 69.6 Å². The molecule has 148 valence electrons. The van der Waals surface area contributed by atoms with Crippen molar-refractivity contribution in [2.45, 2.75) is 77.4 Å². The van der Waals surface area contributed by atoms with Crippen molar-refractivity contribution in [3.05, 3.63) is 0 Å². The molecular weight excluding hydrogens is 332 g/mol. The average molecular weight is 364 g/mol. The van der Waals surface area contributed by atoms with E-state index in [1.807, 2.05) is 0 Å². The minimum absolute atomic E-state index is 0.633. The number of aliphatic hydroxyl groups excluding tert-OH is 3. The van der Waals surface area contributed by atoms with Crippen LogP contribution < -0.4 is 10.6 Å². The Morgan fingerprint density at radius 3 is 1.72 bits per heavy atom. The summed E-state index contributed by atoms with van der Waals surface area (Å²) < 4.78 is 10.2. The topological polar surface area (TPSA) is 137 Å². The van der Waals surface area contributed by atoms with E-state index in [2.05, 4.69) is 10.6 Å². The molecule has 0 bridgehead atoms. The zero-order chi connectivity index (χ0) is 20.1. The highest BCUT2D eigenvalue weighted by molar-refractivity contribution is 5.69. The molecule has 0 aliphatic carbocycles. The molecule has 1 unspecified atom stereocenters. The van der Waals surface area contributed by atoms with Crippen LogP contribution in [0.5, 0.6) is 0 Å². The number of rotatable bonds is 6. The second-order valence-electron chi connectivity index (χ2n) is 8.08. The van der Waals surface area contributed by atoms with Gasteiger partial charge in [0.1, 0.15) is 17.3 Å². The molecule has 9 heteroatoms.